The highest BCUT2D eigenvalue weighted by Gasteiger charge is 2.20. The second-order valence-electron chi connectivity index (χ2n) is 7.09. The van der Waals surface area contributed by atoms with Crippen LogP contribution in [0.15, 0.2) is 89.8 Å². The number of nitrogens with zero attached hydrogens (tertiary/aromatic N) is 1. The molecule has 3 rings (SSSR count). The minimum absolute atomic E-state index is 0.130. The SMILES string of the molecule is CN(Cc1ccccc1)S(=O)(=O)c1ccc(OCC(=O)NCCc2ccccc2)cc1. The molecule has 162 valence electrons. The van der Waals surface area contributed by atoms with Crippen molar-refractivity contribution in [3.8, 4) is 5.75 Å². The highest BCUT2D eigenvalue weighted by molar-refractivity contribution is 7.89. The molecule has 1 amide bonds. The molecule has 0 aliphatic heterocycles. The van der Waals surface area contributed by atoms with E-state index in [0.717, 1.165) is 17.5 Å². The van der Waals surface area contributed by atoms with Gasteiger partial charge in [-0.15, -0.1) is 0 Å². The Morgan fingerprint density at radius 3 is 2.06 bits per heavy atom. The van der Waals surface area contributed by atoms with Crippen molar-refractivity contribution >= 4 is 15.9 Å². The van der Waals surface area contributed by atoms with Gasteiger partial charge in [0.2, 0.25) is 10.0 Å². The normalized spacial score (nSPS) is 11.3. The van der Waals surface area contributed by atoms with E-state index in [0.29, 0.717) is 12.3 Å². The molecule has 3 aromatic carbocycles. The lowest BCUT2D eigenvalue weighted by Gasteiger charge is -2.17. The molecule has 0 unspecified atom stereocenters. The third-order valence-electron chi connectivity index (χ3n) is 4.73. The fourth-order valence-electron chi connectivity index (χ4n) is 3.00. The molecule has 0 bridgehead atoms. The Bertz CT molecular complexity index is 1070. The van der Waals surface area contributed by atoms with Gasteiger partial charge in [0.25, 0.3) is 5.91 Å². The smallest absolute Gasteiger partial charge is 0.257 e. The summed E-state index contributed by atoms with van der Waals surface area (Å²) < 4.78 is 32.3. The zero-order valence-electron chi connectivity index (χ0n) is 17.4. The van der Waals surface area contributed by atoms with Gasteiger partial charge in [-0.3, -0.25) is 4.79 Å². The van der Waals surface area contributed by atoms with Crippen molar-refractivity contribution in [2.45, 2.75) is 17.9 Å². The summed E-state index contributed by atoms with van der Waals surface area (Å²) in [7, 11) is -2.08. The summed E-state index contributed by atoms with van der Waals surface area (Å²) in [4.78, 5) is 12.1. The van der Waals surface area contributed by atoms with E-state index in [1.807, 2.05) is 60.7 Å². The van der Waals surface area contributed by atoms with E-state index in [9.17, 15) is 13.2 Å². The van der Waals surface area contributed by atoms with Crippen LogP contribution < -0.4 is 10.1 Å². The molecule has 6 nitrogen and oxygen atoms in total. The molecule has 1 N–H and O–H groups in total. The molecule has 0 fully saturated rings. The molecule has 31 heavy (non-hydrogen) atoms. The van der Waals surface area contributed by atoms with Crippen LogP contribution in [0.25, 0.3) is 0 Å². The molecule has 0 atom stereocenters. The van der Waals surface area contributed by atoms with Crippen LogP contribution in [0.2, 0.25) is 0 Å². The second kappa shape index (κ2) is 10.7. The number of benzene rings is 3. The van der Waals surface area contributed by atoms with Gasteiger partial charge in [-0.1, -0.05) is 60.7 Å². The number of rotatable bonds is 10. The zero-order chi connectivity index (χ0) is 22.1. The van der Waals surface area contributed by atoms with Crippen LogP contribution in [-0.4, -0.2) is 38.8 Å². The number of ether oxygens (including phenoxy) is 1. The number of sulfonamides is 1. The standard InChI is InChI=1S/C24H26N2O4S/c1-26(18-21-10-6-3-7-11-21)31(28,29)23-14-12-22(13-15-23)30-19-24(27)25-17-16-20-8-4-2-5-9-20/h2-15H,16-19H2,1H3,(H,25,27). The summed E-state index contributed by atoms with van der Waals surface area (Å²) in [5, 5.41) is 2.81. The molecule has 3 aromatic rings. The Kier molecular flexibility index (Phi) is 7.81. The van der Waals surface area contributed by atoms with E-state index in [2.05, 4.69) is 5.32 Å². The van der Waals surface area contributed by atoms with Crippen molar-refractivity contribution in [3.63, 3.8) is 0 Å². The lowest BCUT2D eigenvalue weighted by molar-refractivity contribution is -0.123. The maximum absolute atomic E-state index is 12.8. The van der Waals surface area contributed by atoms with Crippen LogP contribution in [0.5, 0.6) is 5.75 Å². The summed E-state index contributed by atoms with van der Waals surface area (Å²) in [5.41, 5.74) is 2.06. The monoisotopic (exact) mass is 438 g/mol. The summed E-state index contributed by atoms with van der Waals surface area (Å²) in [6, 6.07) is 25.4. The quantitative estimate of drug-likeness (QED) is 0.527. The summed E-state index contributed by atoms with van der Waals surface area (Å²) in [6.07, 6.45) is 0.746. The zero-order valence-corrected chi connectivity index (χ0v) is 18.2. The predicted octanol–water partition coefficient (Wildman–Crippen LogP) is 3.25. The van der Waals surface area contributed by atoms with Gasteiger partial charge >= 0.3 is 0 Å². The lowest BCUT2D eigenvalue weighted by Crippen LogP contribution is -2.30. The van der Waals surface area contributed by atoms with Crippen LogP contribution in [0, 0.1) is 0 Å². The van der Waals surface area contributed by atoms with Gasteiger partial charge in [-0.05, 0) is 41.8 Å². The van der Waals surface area contributed by atoms with Gasteiger partial charge in [0.05, 0.1) is 4.90 Å². The van der Waals surface area contributed by atoms with E-state index in [1.54, 1.807) is 19.2 Å². The highest BCUT2D eigenvalue weighted by Crippen LogP contribution is 2.20. The summed E-state index contributed by atoms with van der Waals surface area (Å²) in [6.45, 7) is 0.677. The molecule has 0 aliphatic carbocycles. The average Bonchev–Trinajstić information content (AvgIpc) is 2.79. The molecule has 0 spiro atoms. The van der Waals surface area contributed by atoms with Crippen molar-refractivity contribution in [1.82, 2.24) is 9.62 Å². The molecular formula is C24H26N2O4S. The van der Waals surface area contributed by atoms with E-state index in [4.69, 9.17) is 4.74 Å². The largest absolute Gasteiger partial charge is 0.484 e. The van der Waals surface area contributed by atoms with Crippen molar-refractivity contribution in [2.75, 3.05) is 20.2 Å². The molecule has 0 aromatic heterocycles. The van der Waals surface area contributed by atoms with Gasteiger partial charge in [0, 0.05) is 20.1 Å². The van der Waals surface area contributed by atoms with Gasteiger partial charge in [-0.25, -0.2) is 8.42 Å². The number of hydrogen-bond donors (Lipinski definition) is 1. The van der Waals surface area contributed by atoms with Crippen LogP contribution in [0.4, 0.5) is 0 Å². The maximum Gasteiger partial charge on any atom is 0.257 e. The van der Waals surface area contributed by atoms with E-state index < -0.39 is 10.0 Å². The predicted molar refractivity (Wildman–Crippen MR) is 120 cm³/mol. The molecule has 0 radical (unpaired) electrons. The van der Waals surface area contributed by atoms with Crippen LogP contribution >= 0.6 is 0 Å². The average molecular weight is 439 g/mol. The van der Waals surface area contributed by atoms with E-state index >= 15 is 0 Å². The van der Waals surface area contributed by atoms with Crippen LogP contribution in [-0.2, 0) is 27.8 Å². The minimum Gasteiger partial charge on any atom is -0.484 e. The molecule has 0 saturated carbocycles. The van der Waals surface area contributed by atoms with Gasteiger partial charge in [-0.2, -0.15) is 4.31 Å². The Labute approximate surface area is 183 Å². The van der Waals surface area contributed by atoms with Crippen molar-refractivity contribution < 1.29 is 17.9 Å². The third kappa shape index (κ3) is 6.67. The maximum atomic E-state index is 12.8. The van der Waals surface area contributed by atoms with Crippen molar-refractivity contribution in [3.05, 3.63) is 96.1 Å². The van der Waals surface area contributed by atoms with Gasteiger partial charge in [0.15, 0.2) is 6.61 Å². The first-order chi connectivity index (χ1) is 14.9. The van der Waals surface area contributed by atoms with Gasteiger partial charge < -0.3 is 10.1 Å². The molecule has 0 aliphatic rings. The number of nitrogens with one attached hydrogen (secondary N) is 1. The van der Waals surface area contributed by atoms with Crippen LogP contribution in [0.3, 0.4) is 0 Å². The fourth-order valence-corrected chi connectivity index (χ4v) is 4.16. The summed E-state index contributed by atoms with van der Waals surface area (Å²) >= 11 is 0. The molecule has 0 saturated heterocycles. The Morgan fingerprint density at radius 2 is 1.45 bits per heavy atom. The Balaban J connectivity index is 1.48. The molecule has 7 heteroatoms. The number of amides is 1. The fraction of sp³-hybridized carbons (Fsp3) is 0.208. The van der Waals surface area contributed by atoms with Gasteiger partial charge in [0.1, 0.15) is 5.75 Å². The van der Waals surface area contributed by atoms with Crippen LogP contribution in [0.1, 0.15) is 11.1 Å². The minimum atomic E-state index is -3.63. The van der Waals surface area contributed by atoms with E-state index in [1.165, 1.54) is 16.4 Å². The topological polar surface area (TPSA) is 75.7 Å². The Morgan fingerprint density at radius 1 is 0.871 bits per heavy atom. The van der Waals surface area contributed by atoms with Crippen molar-refractivity contribution in [1.29, 1.82) is 0 Å². The highest BCUT2D eigenvalue weighted by atomic mass is 32.2. The molecule has 0 heterocycles. The number of hydrogen-bond acceptors (Lipinski definition) is 4. The first kappa shape index (κ1) is 22.5. The first-order valence-corrected chi connectivity index (χ1v) is 11.4. The van der Waals surface area contributed by atoms with E-state index in [-0.39, 0.29) is 24.0 Å². The van der Waals surface area contributed by atoms with Crippen molar-refractivity contribution in [2.24, 2.45) is 0 Å². The second-order valence-corrected chi connectivity index (χ2v) is 9.14. The number of carbonyl (C=O) groups excluding carboxylic acids is 1. The summed E-state index contributed by atoms with van der Waals surface area (Å²) in [5.74, 6) is 0.207. The third-order valence-corrected chi connectivity index (χ3v) is 6.55. The molecular weight excluding hydrogens is 412 g/mol. The number of carbonyl (C=O) groups is 1. The first-order valence-electron chi connectivity index (χ1n) is 9.99. The lowest BCUT2D eigenvalue weighted by atomic mass is 10.1. The Hall–Kier alpha value is -3.16.